The highest BCUT2D eigenvalue weighted by atomic mass is 16.5. The average molecular weight is 393 g/mol. The Kier molecular flexibility index (Phi) is 4.85. The lowest BCUT2D eigenvalue weighted by atomic mass is 10.1. The Balaban J connectivity index is 1.52. The quantitative estimate of drug-likeness (QED) is 0.760. The molecular formula is C21H17N2O6-. The van der Waals surface area contributed by atoms with Gasteiger partial charge in [0, 0.05) is 17.9 Å². The molecule has 4 rings (SSSR count). The molecule has 148 valence electrons. The maximum absolute atomic E-state index is 12.7. The van der Waals surface area contributed by atoms with E-state index < -0.39 is 17.8 Å². The van der Waals surface area contributed by atoms with E-state index in [2.05, 4.69) is 5.32 Å². The molecule has 0 spiro atoms. The van der Waals surface area contributed by atoms with Crippen LogP contribution in [-0.4, -0.2) is 47.8 Å². The lowest BCUT2D eigenvalue weighted by Crippen LogP contribution is -2.36. The molecular weight excluding hydrogens is 376 g/mol. The van der Waals surface area contributed by atoms with Gasteiger partial charge in [0.2, 0.25) is 0 Å². The Morgan fingerprint density at radius 1 is 1.07 bits per heavy atom. The standard InChI is InChI=1S/C21H18N2O6/c24-18(12-3-1-4-13(9-12)21(27)28)22-14-6-7-16-17(10-14)20(26)23(19(16)25)11-15-5-2-8-29-15/h1,3-4,6-7,9-10,15H,2,5,8,11H2,(H,22,24)(H,27,28)/p-1/t15-/m0/s1. The summed E-state index contributed by atoms with van der Waals surface area (Å²) in [5.74, 6) is -2.72. The van der Waals surface area contributed by atoms with Crippen molar-refractivity contribution in [2.45, 2.75) is 18.9 Å². The van der Waals surface area contributed by atoms with Crippen molar-refractivity contribution in [2.24, 2.45) is 0 Å². The number of rotatable bonds is 5. The van der Waals surface area contributed by atoms with E-state index in [9.17, 15) is 24.3 Å². The number of imide groups is 1. The van der Waals surface area contributed by atoms with Gasteiger partial charge in [0.25, 0.3) is 17.7 Å². The summed E-state index contributed by atoms with van der Waals surface area (Å²) in [6, 6.07) is 9.91. The number of ether oxygens (including phenoxy) is 1. The number of carbonyl (C=O) groups excluding carboxylic acids is 4. The summed E-state index contributed by atoms with van der Waals surface area (Å²) in [7, 11) is 0. The highest BCUT2D eigenvalue weighted by molar-refractivity contribution is 6.22. The van der Waals surface area contributed by atoms with Crippen molar-refractivity contribution in [3.8, 4) is 0 Å². The van der Waals surface area contributed by atoms with E-state index in [1.54, 1.807) is 0 Å². The maximum atomic E-state index is 12.7. The van der Waals surface area contributed by atoms with Crippen LogP contribution in [0.25, 0.3) is 0 Å². The van der Waals surface area contributed by atoms with Crippen molar-refractivity contribution in [2.75, 3.05) is 18.5 Å². The molecule has 0 radical (unpaired) electrons. The van der Waals surface area contributed by atoms with Crippen LogP contribution in [0, 0.1) is 0 Å². The van der Waals surface area contributed by atoms with Gasteiger partial charge in [0.1, 0.15) is 0 Å². The number of anilines is 1. The monoisotopic (exact) mass is 393 g/mol. The SMILES string of the molecule is O=C([O-])c1cccc(C(=O)Nc2ccc3c(c2)C(=O)N(C[C@@H]2CCCO2)C3=O)c1. The third-order valence-corrected chi connectivity index (χ3v) is 5.00. The summed E-state index contributed by atoms with van der Waals surface area (Å²) in [6.45, 7) is 0.840. The van der Waals surface area contributed by atoms with Gasteiger partial charge in [-0.15, -0.1) is 0 Å². The predicted molar refractivity (Wildman–Crippen MR) is 99.5 cm³/mol. The molecule has 3 amide bonds. The molecule has 1 saturated heterocycles. The Morgan fingerprint density at radius 2 is 1.83 bits per heavy atom. The number of fused-ring (bicyclic) bond motifs is 1. The van der Waals surface area contributed by atoms with Gasteiger partial charge in [0.05, 0.1) is 29.7 Å². The molecule has 2 aromatic carbocycles. The minimum atomic E-state index is -1.38. The van der Waals surface area contributed by atoms with E-state index in [1.165, 1.54) is 47.4 Å². The fourth-order valence-electron chi connectivity index (χ4n) is 3.52. The van der Waals surface area contributed by atoms with Crippen LogP contribution >= 0.6 is 0 Å². The first-order chi connectivity index (χ1) is 13.9. The number of carboxylic acid groups (broad SMARTS) is 1. The maximum Gasteiger partial charge on any atom is 0.261 e. The van der Waals surface area contributed by atoms with Gasteiger partial charge in [0.15, 0.2) is 0 Å². The third-order valence-electron chi connectivity index (χ3n) is 5.00. The second kappa shape index (κ2) is 7.48. The zero-order valence-corrected chi connectivity index (χ0v) is 15.3. The predicted octanol–water partition coefficient (Wildman–Crippen LogP) is 1.08. The van der Waals surface area contributed by atoms with Crippen molar-refractivity contribution >= 4 is 29.4 Å². The minimum Gasteiger partial charge on any atom is -0.545 e. The second-order valence-electron chi connectivity index (χ2n) is 6.94. The van der Waals surface area contributed by atoms with Gasteiger partial charge in [-0.3, -0.25) is 19.3 Å². The number of hydrogen-bond donors (Lipinski definition) is 1. The number of carboxylic acids is 1. The van der Waals surface area contributed by atoms with E-state index in [1.807, 2.05) is 0 Å². The molecule has 0 saturated carbocycles. The number of carbonyl (C=O) groups is 4. The number of amides is 3. The summed E-state index contributed by atoms with van der Waals surface area (Å²) >= 11 is 0. The molecule has 2 heterocycles. The smallest absolute Gasteiger partial charge is 0.261 e. The Morgan fingerprint density at radius 3 is 2.55 bits per heavy atom. The van der Waals surface area contributed by atoms with Gasteiger partial charge in [-0.1, -0.05) is 12.1 Å². The highest BCUT2D eigenvalue weighted by Crippen LogP contribution is 2.27. The van der Waals surface area contributed by atoms with E-state index in [0.29, 0.717) is 12.3 Å². The number of nitrogens with zero attached hydrogens (tertiary/aromatic N) is 1. The molecule has 1 N–H and O–H groups in total. The van der Waals surface area contributed by atoms with Crippen LogP contribution in [0.2, 0.25) is 0 Å². The number of nitrogens with one attached hydrogen (secondary N) is 1. The largest absolute Gasteiger partial charge is 0.545 e. The number of hydrogen-bond acceptors (Lipinski definition) is 6. The minimum absolute atomic E-state index is 0.114. The van der Waals surface area contributed by atoms with Crippen LogP contribution in [0.4, 0.5) is 5.69 Å². The van der Waals surface area contributed by atoms with Gasteiger partial charge in [-0.05, 0) is 48.7 Å². The van der Waals surface area contributed by atoms with Crippen LogP contribution in [-0.2, 0) is 4.74 Å². The summed E-state index contributed by atoms with van der Waals surface area (Å²) in [4.78, 5) is 49.8. The van der Waals surface area contributed by atoms with Crippen molar-refractivity contribution in [3.05, 3.63) is 64.7 Å². The van der Waals surface area contributed by atoms with Crippen LogP contribution in [0.5, 0.6) is 0 Å². The molecule has 2 aliphatic heterocycles. The Labute approximate surface area is 166 Å². The molecule has 1 fully saturated rings. The van der Waals surface area contributed by atoms with Gasteiger partial charge in [-0.25, -0.2) is 0 Å². The first-order valence-electron chi connectivity index (χ1n) is 9.18. The number of benzene rings is 2. The summed E-state index contributed by atoms with van der Waals surface area (Å²) in [6.07, 6.45) is 1.57. The molecule has 2 aliphatic rings. The van der Waals surface area contributed by atoms with Gasteiger partial charge in [-0.2, -0.15) is 0 Å². The lowest BCUT2D eigenvalue weighted by molar-refractivity contribution is -0.255. The molecule has 0 unspecified atom stereocenters. The van der Waals surface area contributed by atoms with Crippen LogP contribution in [0.3, 0.4) is 0 Å². The van der Waals surface area contributed by atoms with Crippen LogP contribution in [0.1, 0.15) is 54.3 Å². The van der Waals surface area contributed by atoms with Crippen LogP contribution < -0.4 is 10.4 Å². The summed E-state index contributed by atoms with van der Waals surface area (Å²) in [5.41, 5.74) is 0.846. The Hall–Kier alpha value is -3.52. The van der Waals surface area contributed by atoms with E-state index >= 15 is 0 Å². The molecule has 1 atom stereocenters. The molecule has 0 aliphatic carbocycles. The van der Waals surface area contributed by atoms with E-state index in [0.717, 1.165) is 12.8 Å². The molecule has 8 nitrogen and oxygen atoms in total. The van der Waals surface area contributed by atoms with E-state index in [-0.39, 0.29) is 40.8 Å². The first-order valence-corrected chi connectivity index (χ1v) is 9.18. The fraction of sp³-hybridized carbons (Fsp3) is 0.238. The normalized spacial score (nSPS) is 18.1. The fourth-order valence-corrected chi connectivity index (χ4v) is 3.52. The Bertz CT molecular complexity index is 1030. The molecule has 29 heavy (non-hydrogen) atoms. The first kappa shape index (κ1) is 18.8. The summed E-state index contributed by atoms with van der Waals surface area (Å²) in [5, 5.41) is 13.6. The van der Waals surface area contributed by atoms with Crippen LogP contribution in [0.15, 0.2) is 42.5 Å². The van der Waals surface area contributed by atoms with Crippen molar-refractivity contribution < 1.29 is 29.0 Å². The topological polar surface area (TPSA) is 116 Å². The molecule has 2 aromatic rings. The van der Waals surface area contributed by atoms with Crippen molar-refractivity contribution in [1.82, 2.24) is 4.90 Å². The van der Waals surface area contributed by atoms with Crippen molar-refractivity contribution in [3.63, 3.8) is 0 Å². The second-order valence-corrected chi connectivity index (χ2v) is 6.94. The van der Waals surface area contributed by atoms with Gasteiger partial charge < -0.3 is 20.0 Å². The molecule has 0 bridgehead atoms. The molecule has 0 aromatic heterocycles. The van der Waals surface area contributed by atoms with Gasteiger partial charge >= 0.3 is 0 Å². The van der Waals surface area contributed by atoms with E-state index in [4.69, 9.17) is 4.74 Å². The zero-order valence-electron chi connectivity index (χ0n) is 15.3. The third kappa shape index (κ3) is 3.62. The molecule has 8 heteroatoms. The summed E-state index contributed by atoms with van der Waals surface area (Å²) < 4.78 is 5.51. The highest BCUT2D eigenvalue weighted by Gasteiger charge is 2.37. The van der Waals surface area contributed by atoms with Crippen molar-refractivity contribution in [1.29, 1.82) is 0 Å². The lowest BCUT2D eigenvalue weighted by Gasteiger charge is -2.17. The average Bonchev–Trinajstić information content (AvgIpc) is 3.31. The zero-order chi connectivity index (χ0) is 20.5. The number of aromatic carboxylic acids is 1.